The van der Waals surface area contributed by atoms with Gasteiger partial charge in [0.2, 0.25) is 11.6 Å². The van der Waals surface area contributed by atoms with Gasteiger partial charge in [0, 0.05) is 22.1 Å². The Morgan fingerprint density at radius 3 is 2.39 bits per heavy atom. The zero-order chi connectivity index (χ0) is 24.1. The lowest BCUT2D eigenvalue weighted by Gasteiger charge is -2.22. The Balaban J connectivity index is 1.68. The minimum atomic E-state index is -0.930. The van der Waals surface area contributed by atoms with Crippen LogP contribution < -0.4 is 16.6 Å². The topological polar surface area (TPSA) is 137 Å². The molecule has 174 valence electrons. The van der Waals surface area contributed by atoms with Gasteiger partial charge in [-0.05, 0) is 62.1 Å². The number of Topliss-reactive ketones (excluding diaryl/α,β-unsaturated/α-hetero) is 3. The maximum Gasteiger partial charge on any atom is 0.218 e. The largest absolute Gasteiger partial charge is 0.508 e. The molecule has 0 aliphatic rings. The monoisotopic (exact) mass is 470 g/mol. The summed E-state index contributed by atoms with van der Waals surface area (Å²) in [5, 5.41) is 13.9. The number of hydrazine groups is 1. The van der Waals surface area contributed by atoms with Gasteiger partial charge < -0.3 is 10.1 Å². The van der Waals surface area contributed by atoms with Crippen molar-refractivity contribution in [2.45, 2.75) is 44.8 Å². The van der Waals surface area contributed by atoms with Gasteiger partial charge in [-0.15, -0.1) is 0 Å². The number of benzene rings is 2. The number of nitrogens with one attached hydrogen (secondary N) is 3. The molecule has 33 heavy (non-hydrogen) atoms. The predicted molar refractivity (Wildman–Crippen MR) is 127 cm³/mol. The lowest BCUT2D eigenvalue weighted by Crippen LogP contribution is -2.53. The molecule has 2 aromatic carbocycles. The molecule has 0 amide bonds. The van der Waals surface area contributed by atoms with Gasteiger partial charge in [0.15, 0.2) is 0 Å². The van der Waals surface area contributed by atoms with Crippen molar-refractivity contribution in [3.63, 3.8) is 0 Å². The third-order valence-electron chi connectivity index (χ3n) is 5.63. The second kappa shape index (κ2) is 10.7. The normalized spacial score (nSPS) is 14.1. The summed E-state index contributed by atoms with van der Waals surface area (Å²) in [6, 6.07) is 9.27. The number of carbonyl (C=O) groups excluding carboxylic acids is 3. The molecule has 0 saturated carbocycles. The number of aromatic nitrogens is 1. The molecule has 3 aromatic rings. The van der Waals surface area contributed by atoms with Crippen LogP contribution in [0.2, 0.25) is 5.02 Å². The fourth-order valence-corrected chi connectivity index (χ4v) is 3.90. The van der Waals surface area contributed by atoms with Gasteiger partial charge in [0.25, 0.3) is 0 Å². The van der Waals surface area contributed by atoms with Crippen LogP contribution in [0.4, 0.5) is 0 Å². The van der Waals surface area contributed by atoms with Crippen LogP contribution >= 0.6 is 11.6 Å². The van der Waals surface area contributed by atoms with E-state index in [9.17, 15) is 19.5 Å². The van der Waals surface area contributed by atoms with Crippen LogP contribution in [0.5, 0.6) is 5.75 Å². The van der Waals surface area contributed by atoms with Crippen molar-refractivity contribution in [3.8, 4) is 5.75 Å². The van der Waals surface area contributed by atoms with E-state index in [2.05, 4.69) is 15.7 Å². The smallest absolute Gasteiger partial charge is 0.218 e. The summed E-state index contributed by atoms with van der Waals surface area (Å²) in [6.45, 7) is 3.00. The van der Waals surface area contributed by atoms with Gasteiger partial charge in [-0.2, -0.15) is 0 Å². The number of aromatic amines is 1. The number of nitrogens with two attached hydrogens (primary N) is 1. The minimum absolute atomic E-state index is 0.102. The number of phenolic OH excluding ortho intramolecular Hbond substituents is 1. The molecule has 0 fully saturated rings. The second-order valence-corrected chi connectivity index (χ2v) is 8.51. The first-order chi connectivity index (χ1) is 15.7. The van der Waals surface area contributed by atoms with E-state index in [1.165, 1.54) is 19.1 Å². The van der Waals surface area contributed by atoms with Crippen LogP contribution in [0.3, 0.4) is 0 Å². The Morgan fingerprint density at radius 2 is 1.76 bits per heavy atom. The highest BCUT2D eigenvalue weighted by molar-refractivity contribution is 6.41. The Labute approximate surface area is 196 Å². The SMILES string of the molecule is CC(=O)[C@H](Cc1c[nH]c2cc(Cl)ccc12)NC(C)C(=O)C(=O)[C@H](Cc1ccc(O)cc1)NN. The van der Waals surface area contributed by atoms with Gasteiger partial charge in [0.1, 0.15) is 11.5 Å². The molecule has 0 spiro atoms. The predicted octanol–water partition coefficient (Wildman–Crippen LogP) is 2.22. The molecule has 8 nitrogen and oxygen atoms in total. The zero-order valence-corrected chi connectivity index (χ0v) is 19.1. The maximum absolute atomic E-state index is 12.8. The molecular formula is C24H27ClN4O4. The quantitative estimate of drug-likeness (QED) is 0.164. The van der Waals surface area contributed by atoms with Crippen molar-refractivity contribution < 1.29 is 19.5 Å². The number of halogens is 1. The van der Waals surface area contributed by atoms with E-state index in [0.717, 1.165) is 22.0 Å². The van der Waals surface area contributed by atoms with Crippen LogP contribution in [0.1, 0.15) is 25.0 Å². The molecule has 0 saturated heterocycles. The Bertz CT molecular complexity index is 1160. The summed E-state index contributed by atoms with van der Waals surface area (Å²) in [4.78, 5) is 41.0. The number of hydrogen-bond acceptors (Lipinski definition) is 7. The summed E-state index contributed by atoms with van der Waals surface area (Å²) in [7, 11) is 0. The summed E-state index contributed by atoms with van der Waals surface area (Å²) in [5.41, 5.74) is 4.88. The molecule has 3 atom stereocenters. The number of ketones is 3. The summed E-state index contributed by atoms with van der Waals surface area (Å²) >= 11 is 6.03. The molecule has 1 heterocycles. The lowest BCUT2D eigenvalue weighted by molar-refractivity contribution is -0.139. The van der Waals surface area contributed by atoms with Crippen molar-refractivity contribution in [2.75, 3.05) is 0 Å². The molecule has 0 aliphatic heterocycles. The van der Waals surface area contributed by atoms with Crippen LogP contribution in [-0.2, 0) is 27.2 Å². The molecule has 9 heteroatoms. The molecule has 0 radical (unpaired) electrons. The first-order valence-corrected chi connectivity index (χ1v) is 10.9. The van der Waals surface area contributed by atoms with E-state index in [-0.39, 0.29) is 18.0 Å². The van der Waals surface area contributed by atoms with Crippen LogP contribution in [0, 0.1) is 0 Å². The summed E-state index contributed by atoms with van der Waals surface area (Å²) in [5.74, 6) is 4.13. The molecule has 0 aliphatic carbocycles. The van der Waals surface area contributed by atoms with Gasteiger partial charge >= 0.3 is 0 Å². The fourth-order valence-electron chi connectivity index (χ4n) is 3.72. The van der Waals surface area contributed by atoms with Crippen molar-refractivity contribution in [2.24, 2.45) is 5.84 Å². The highest BCUT2D eigenvalue weighted by Gasteiger charge is 2.30. The Hall–Kier alpha value is -3.04. The Kier molecular flexibility index (Phi) is 7.99. The van der Waals surface area contributed by atoms with E-state index in [1.54, 1.807) is 31.2 Å². The van der Waals surface area contributed by atoms with Gasteiger partial charge in [0.05, 0.1) is 18.1 Å². The number of carbonyl (C=O) groups is 3. The van der Waals surface area contributed by atoms with Crippen LogP contribution in [0.25, 0.3) is 10.9 Å². The number of phenols is 1. The standard InChI is InChI=1S/C24H27ClN4O4/c1-13(23(32)24(33)22(29-26)9-15-3-6-18(31)7-4-15)28-20(14(2)30)10-16-12-27-21-11-17(25)5-8-19(16)21/h3-8,11-13,20,22,27-29,31H,9-10,26H2,1-2H3/t13?,20-,22-/m0/s1. The second-order valence-electron chi connectivity index (χ2n) is 8.08. The number of fused-ring (bicyclic) bond motifs is 1. The van der Waals surface area contributed by atoms with Crippen molar-refractivity contribution >= 4 is 39.9 Å². The molecule has 0 bridgehead atoms. The van der Waals surface area contributed by atoms with Crippen molar-refractivity contribution in [1.82, 2.24) is 15.7 Å². The molecule has 1 unspecified atom stereocenters. The first-order valence-electron chi connectivity index (χ1n) is 10.5. The number of aromatic hydroxyl groups is 1. The zero-order valence-electron chi connectivity index (χ0n) is 18.4. The van der Waals surface area contributed by atoms with E-state index < -0.39 is 29.7 Å². The number of H-pyrrole nitrogens is 1. The molecule has 3 rings (SSSR count). The lowest BCUT2D eigenvalue weighted by atomic mass is 9.96. The Morgan fingerprint density at radius 1 is 1.06 bits per heavy atom. The minimum Gasteiger partial charge on any atom is -0.508 e. The van der Waals surface area contributed by atoms with Gasteiger partial charge in [-0.1, -0.05) is 29.8 Å². The van der Waals surface area contributed by atoms with E-state index in [0.29, 0.717) is 11.4 Å². The van der Waals surface area contributed by atoms with Gasteiger partial charge in [-0.25, -0.2) is 5.43 Å². The third-order valence-corrected chi connectivity index (χ3v) is 5.86. The number of hydrogen-bond donors (Lipinski definition) is 5. The third kappa shape index (κ3) is 6.06. The first kappa shape index (κ1) is 24.6. The average molecular weight is 471 g/mol. The van der Waals surface area contributed by atoms with Crippen molar-refractivity contribution in [1.29, 1.82) is 0 Å². The molecule has 6 N–H and O–H groups in total. The highest BCUT2D eigenvalue weighted by Crippen LogP contribution is 2.23. The summed E-state index contributed by atoms with van der Waals surface area (Å²) in [6.07, 6.45) is 2.33. The fraction of sp³-hybridized carbons (Fsp3) is 0.292. The molecular weight excluding hydrogens is 444 g/mol. The summed E-state index contributed by atoms with van der Waals surface area (Å²) < 4.78 is 0. The van der Waals surface area contributed by atoms with E-state index in [4.69, 9.17) is 17.4 Å². The maximum atomic E-state index is 12.8. The highest BCUT2D eigenvalue weighted by atomic mass is 35.5. The van der Waals surface area contributed by atoms with Crippen LogP contribution in [-0.4, -0.2) is 45.6 Å². The number of rotatable bonds is 11. The van der Waals surface area contributed by atoms with E-state index in [1.807, 2.05) is 12.3 Å². The average Bonchev–Trinajstić information content (AvgIpc) is 3.18. The van der Waals surface area contributed by atoms with Crippen LogP contribution in [0.15, 0.2) is 48.7 Å². The van der Waals surface area contributed by atoms with Gasteiger partial charge in [-0.3, -0.25) is 25.5 Å². The van der Waals surface area contributed by atoms with Crippen molar-refractivity contribution in [3.05, 3.63) is 64.8 Å². The molecule has 1 aromatic heterocycles. The van der Waals surface area contributed by atoms with E-state index >= 15 is 0 Å².